The molecule has 37 heavy (non-hydrogen) atoms. The number of rotatable bonds is 6. The Hall–Kier alpha value is -4.72. The lowest BCUT2D eigenvalue weighted by atomic mass is 9.96. The predicted octanol–water partition coefficient (Wildman–Crippen LogP) is 4.75. The Morgan fingerprint density at radius 2 is 1.84 bits per heavy atom. The monoisotopic (exact) mass is 495 g/mol. The van der Waals surface area contributed by atoms with Crippen LogP contribution in [0.5, 0.6) is 0 Å². The van der Waals surface area contributed by atoms with Crippen LogP contribution in [0.4, 0.5) is 0 Å². The van der Waals surface area contributed by atoms with E-state index in [2.05, 4.69) is 9.97 Å². The minimum atomic E-state index is -0.840. The summed E-state index contributed by atoms with van der Waals surface area (Å²) in [5.74, 6) is -2.18. The highest BCUT2D eigenvalue weighted by molar-refractivity contribution is 6.46. The first-order valence-corrected chi connectivity index (χ1v) is 11.9. The van der Waals surface area contributed by atoms with E-state index >= 15 is 0 Å². The smallest absolute Gasteiger partial charge is 0.338 e. The number of ether oxygens (including phenoxy) is 1. The molecule has 8 heteroatoms. The van der Waals surface area contributed by atoms with E-state index in [0.29, 0.717) is 22.3 Å². The zero-order valence-electron chi connectivity index (χ0n) is 20.3. The number of amides is 1. The second-order valence-electron chi connectivity index (χ2n) is 9.11. The normalized spacial score (nSPS) is 17.1. The molecule has 4 aromatic rings. The van der Waals surface area contributed by atoms with Crippen LogP contribution in [0.15, 0.2) is 84.8 Å². The number of carbonyl (C=O) groups is 3. The van der Waals surface area contributed by atoms with E-state index in [4.69, 9.17) is 4.74 Å². The minimum Gasteiger partial charge on any atom is -0.507 e. The molecule has 2 aromatic heterocycles. The van der Waals surface area contributed by atoms with Crippen molar-refractivity contribution in [3.63, 3.8) is 0 Å². The highest BCUT2D eigenvalue weighted by Gasteiger charge is 2.46. The molecule has 1 aliphatic heterocycles. The lowest BCUT2D eigenvalue weighted by Gasteiger charge is -2.25. The first-order chi connectivity index (χ1) is 17.8. The van der Waals surface area contributed by atoms with E-state index in [0.717, 1.165) is 10.9 Å². The molecule has 1 aliphatic rings. The number of aliphatic hydroxyl groups is 1. The molecule has 1 atom stereocenters. The number of aromatic nitrogens is 2. The Morgan fingerprint density at radius 3 is 2.54 bits per heavy atom. The summed E-state index contributed by atoms with van der Waals surface area (Å²) < 4.78 is 5.23. The van der Waals surface area contributed by atoms with Gasteiger partial charge in [0.05, 0.1) is 23.3 Å². The number of pyridine rings is 1. The number of para-hydroxylation sites is 1. The summed E-state index contributed by atoms with van der Waals surface area (Å²) in [5.41, 5.74) is 2.94. The predicted molar refractivity (Wildman–Crippen MR) is 137 cm³/mol. The fourth-order valence-corrected chi connectivity index (χ4v) is 4.56. The standard InChI is InChI=1S/C29H25N3O5/c1-17(2)37-29(36)19-11-9-18(10-12-19)16-32-25(20-6-5-13-30-14-20)24(27(34)28(32)35)26(33)22-15-31-23-8-4-3-7-21(22)23/h3-15,17,25,31,33H,16H2,1-2H3/b26-24-. The van der Waals surface area contributed by atoms with Crippen molar-refractivity contribution in [3.8, 4) is 0 Å². The average Bonchev–Trinajstić information content (AvgIpc) is 3.44. The topological polar surface area (TPSA) is 113 Å². The van der Waals surface area contributed by atoms with Gasteiger partial charge in [0.25, 0.3) is 11.7 Å². The van der Waals surface area contributed by atoms with Gasteiger partial charge in [-0.25, -0.2) is 4.79 Å². The van der Waals surface area contributed by atoms with E-state index in [9.17, 15) is 19.5 Å². The van der Waals surface area contributed by atoms with Gasteiger partial charge in [0.1, 0.15) is 5.76 Å². The second kappa shape index (κ2) is 9.73. The number of fused-ring (bicyclic) bond motifs is 1. The number of H-pyrrole nitrogens is 1. The Labute approximate surface area is 213 Å². The third-order valence-corrected chi connectivity index (χ3v) is 6.27. The van der Waals surface area contributed by atoms with Crippen LogP contribution >= 0.6 is 0 Å². The molecule has 0 saturated carbocycles. The number of esters is 1. The van der Waals surface area contributed by atoms with Crippen molar-refractivity contribution in [2.75, 3.05) is 0 Å². The van der Waals surface area contributed by atoms with Crippen LogP contribution in [0.25, 0.3) is 16.7 Å². The summed E-state index contributed by atoms with van der Waals surface area (Å²) in [6, 6.07) is 16.7. The van der Waals surface area contributed by atoms with Gasteiger partial charge in [-0.2, -0.15) is 0 Å². The molecule has 3 heterocycles. The summed E-state index contributed by atoms with van der Waals surface area (Å²) >= 11 is 0. The zero-order valence-corrected chi connectivity index (χ0v) is 20.3. The number of aromatic amines is 1. The zero-order chi connectivity index (χ0) is 26.1. The van der Waals surface area contributed by atoms with Crippen molar-refractivity contribution in [2.24, 2.45) is 0 Å². The van der Waals surface area contributed by atoms with Crippen molar-refractivity contribution in [1.82, 2.24) is 14.9 Å². The number of aliphatic hydroxyl groups excluding tert-OH is 1. The first kappa shape index (κ1) is 24.0. The van der Waals surface area contributed by atoms with Crippen molar-refractivity contribution in [1.29, 1.82) is 0 Å². The third kappa shape index (κ3) is 4.49. The Bertz CT molecular complexity index is 1520. The number of nitrogens with zero attached hydrogens (tertiary/aromatic N) is 2. The Kier molecular flexibility index (Phi) is 6.31. The van der Waals surface area contributed by atoms with Gasteiger partial charge in [-0.3, -0.25) is 14.6 Å². The van der Waals surface area contributed by atoms with Crippen molar-refractivity contribution in [2.45, 2.75) is 32.5 Å². The van der Waals surface area contributed by atoms with Crippen molar-refractivity contribution in [3.05, 3.63) is 107 Å². The average molecular weight is 496 g/mol. The van der Waals surface area contributed by atoms with Gasteiger partial charge in [-0.05, 0) is 49.2 Å². The number of nitrogens with one attached hydrogen (secondary N) is 1. The second-order valence-corrected chi connectivity index (χ2v) is 9.11. The van der Waals surface area contributed by atoms with Gasteiger partial charge in [-0.1, -0.05) is 36.4 Å². The van der Waals surface area contributed by atoms with Crippen LogP contribution in [-0.4, -0.2) is 43.7 Å². The van der Waals surface area contributed by atoms with Gasteiger partial charge in [0.2, 0.25) is 0 Å². The summed E-state index contributed by atoms with van der Waals surface area (Å²) in [7, 11) is 0. The van der Waals surface area contributed by atoms with E-state index in [1.807, 2.05) is 24.3 Å². The van der Waals surface area contributed by atoms with Crippen LogP contribution in [0.1, 0.15) is 46.9 Å². The molecule has 0 radical (unpaired) electrons. The molecule has 0 bridgehead atoms. The number of benzene rings is 2. The van der Waals surface area contributed by atoms with Crippen LogP contribution in [0.2, 0.25) is 0 Å². The molecular weight excluding hydrogens is 470 g/mol. The lowest BCUT2D eigenvalue weighted by molar-refractivity contribution is -0.140. The summed E-state index contributed by atoms with van der Waals surface area (Å²) in [4.78, 5) is 47.5. The van der Waals surface area contributed by atoms with Crippen molar-refractivity contribution < 1.29 is 24.2 Å². The fourth-order valence-electron chi connectivity index (χ4n) is 4.56. The Balaban J connectivity index is 1.55. The molecule has 0 spiro atoms. The van der Waals surface area contributed by atoms with Gasteiger partial charge >= 0.3 is 5.97 Å². The fraction of sp³-hybridized carbons (Fsp3) is 0.172. The highest BCUT2D eigenvalue weighted by atomic mass is 16.5. The molecule has 2 aromatic carbocycles. The number of Topliss-reactive ketones (excluding diaryl/α,β-unsaturated/α-hetero) is 1. The van der Waals surface area contributed by atoms with Crippen LogP contribution in [0, 0.1) is 0 Å². The third-order valence-electron chi connectivity index (χ3n) is 6.27. The molecule has 1 saturated heterocycles. The molecule has 0 aliphatic carbocycles. The molecule has 186 valence electrons. The van der Waals surface area contributed by atoms with E-state index in [-0.39, 0.29) is 24.0 Å². The van der Waals surface area contributed by atoms with Gasteiger partial charge < -0.3 is 19.7 Å². The summed E-state index contributed by atoms with van der Waals surface area (Å²) in [5, 5.41) is 12.1. The number of ketones is 1. The van der Waals surface area contributed by atoms with Crippen LogP contribution in [-0.2, 0) is 20.9 Å². The van der Waals surface area contributed by atoms with Crippen molar-refractivity contribution >= 4 is 34.3 Å². The van der Waals surface area contributed by atoms with E-state index < -0.39 is 23.7 Å². The number of hydrogen-bond acceptors (Lipinski definition) is 6. The summed E-state index contributed by atoms with van der Waals surface area (Å²) in [6.45, 7) is 3.64. The lowest BCUT2D eigenvalue weighted by Crippen LogP contribution is -2.29. The molecule has 1 fully saturated rings. The van der Waals surface area contributed by atoms with Crippen LogP contribution in [0.3, 0.4) is 0 Å². The molecular formula is C29H25N3O5. The first-order valence-electron chi connectivity index (χ1n) is 11.9. The molecule has 1 amide bonds. The molecule has 8 nitrogen and oxygen atoms in total. The number of carbonyl (C=O) groups excluding carboxylic acids is 3. The van der Waals surface area contributed by atoms with Gasteiger partial charge in [0, 0.05) is 41.6 Å². The minimum absolute atomic E-state index is 0.000107. The quantitative estimate of drug-likeness (QED) is 0.173. The summed E-state index contributed by atoms with van der Waals surface area (Å²) in [6.07, 6.45) is 4.57. The van der Waals surface area contributed by atoms with Crippen LogP contribution < -0.4 is 0 Å². The molecule has 1 unspecified atom stereocenters. The van der Waals surface area contributed by atoms with E-state index in [1.54, 1.807) is 68.8 Å². The number of hydrogen-bond donors (Lipinski definition) is 2. The maximum absolute atomic E-state index is 13.3. The van der Waals surface area contributed by atoms with Gasteiger partial charge in [0.15, 0.2) is 0 Å². The largest absolute Gasteiger partial charge is 0.507 e. The Morgan fingerprint density at radius 1 is 1.08 bits per heavy atom. The molecule has 5 rings (SSSR count). The van der Waals surface area contributed by atoms with Gasteiger partial charge in [-0.15, -0.1) is 0 Å². The molecule has 2 N–H and O–H groups in total. The highest BCUT2D eigenvalue weighted by Crippen LogP contribution is 2.41. The maximum atomic E-state index is 13.3. The number of likely N-dealkylation sites (tertiary alicyclic amines) is 1. The van der Waals surface area contributed by atoms with E-state index in [1.165, 1.54) is 4.90 Å². The maximum Gasteiger partial charge on any atom is 0.338 e. The SMILES string of the molecule is CC(C)OC(=O)c1ccc(CN2C(=O)C(=O)/C(=C(\O)c3c[nH]c4ccccc34)C2c2cccnc2)cc1.